The first-order chi connectivity index (χ1) is 10.1. The third kappa shape index (κ3) is 2.45. The summed E-state index contributed by atoms with van der Waals surface area (Å²) in [7, 11) is -2.71. The second-order valence-corrected chi connectivity index (χ2v) is 9.48. The summed E-state index contributed by atoms with van der Waals surface area (Å²) in [6, 6.07) is 8.20. The van der Waals surface area contributed by atoms with Crippen LogP contribution in [0.4, 0.5) is 0 Å². The summed E-state index contributed by atoms with van der Waals surface area (Å²) in [5, 5.41) is 9.36. The fraction of sp³-hybridized carbons (Fsp3) is 0.385. The minimum atomic E-state index is -2.71. The van der Waals surface area contributed by atoms with Crippen LogP contribution < -0.4 is 0 Å². The Morgan fingerprint density at radius 2 is 2.10 bits per heavy atom. The Morgan fingerprint density at radius 1 is 1.29 bits per heavy atom. The van der Waals surface area contributed by atoms with Crippen molar-refractivity contribution in [2.45, 2.75) is 11.6 Å². The van der Waals surface area contributed by atoms with Gasteiger partial charge in [0.25, 0.3) is 0 Å². The number of para-hydroxylation sites is 1. The van der Waals surface area contributed by atoms with Gasteiger partial charge in [-0.1, -0.05) is 35.2 Å². The number of hydrogen-bond acceptors (Lipinski definition) is 6. The highest BCUT2D eigenvalue weighted by atomic mass is 32.2. The number of rotatable bonds is 4. The smallest absolute Gasteiger partial charge is 0.217 e. The molecule has 3 aromatic rings. The van der Waals surface area contributed by atoms with Crippen molar-refractivity contribution in [1.29, 1.82) is 0 Å². The molecule has 110 valence electrons. The van der Waals surface area contributed by atoms with E-state index in [1.165, 1.54) is 4.70 Å². The largest absolute Gasteiger partial charge is 0.260 e. The summed E-state index contributed by atoms with van der Waals surface area (Å²) in [5.74, 6) is 1.91. The summed E-state index contributed by atoms with van der Waals surface area (Å²) in [6.45, 7) is 0. The number of aromatic nitrogens is 3. The fourth-order valence-corrected chi connectivity index (χ4v) is 6.34. The van der Waals surface area contributed by atoms with E-state index in [0.29, 0.717) is 17.4 Å². The number of nitrogens with zero attached hydrogens (tertiary/aromatic N) is 3. The predicted molar refractivity (Wildman–Crippen MR) is 85.9 cm³/mol. The molecular formula is C13H13N3O2S3. The Balaban J connectivity index is 1.51. The number of sulfone groups is 1. The van der Waals surface area contributed by atoms with E-state index in [2.05, 4.69) is 26.7 Å². The molecule has 2 aromatic heterocycles. The molecule has 0 amide bonds. The highest BCUT2D eigenvalue weighted by Gasteiger charge is 2.32. The van der Waals surface area contributed by atoms with Gasteiger partial charge in [-0.2, -0.15) is 0 Å². The summed E-state index contributed by atoms with van der Waals surface area (Å²) in [5.41, 5.74) is 1.14. The summed E-state index contributed by atoms with van der Waals surface area (Å²) < 4.78 is 25.6. The predicted octanol–water partition coefficient (Wildman–Crippen LogP) is 2.47. The van der Waals surface area contributed by atoms with Crippen LogP contribution in [0.3, 0.4) is 0 Å². The van der Waals surface area contributed by atoms with Crippen molar-refractivity contribution in [3.05, 3.63) is 24.3 Å². The molecule has 1 fully saturated rings. The van der Waals surface area contributed by atoms with Crippen LogP contribution in [0.25, 0.3) is 15.2 Å². The molecule has 0 N–H and O–H groups in total. The van der Waals surface area contributed by atoms with Crippen molar-refractivity contribution in [2.75, 3.05) is 17.3 Å². The molecule has 0 spiro atoms. The maximum absolute atomic E-state index is 11.1. The highest BCUT2D eigenvalue weighted by Crippen LogP contribution is 2.31. The first kappa shape index (κ1) is 13.5. The number of fused-ring (bicyclic) bond motifs is 3. The average molecular weight is 339 g/mol. The van der Waals surface area contributed by atoms with Crippen molar-refractivity contribution in [1.82, 2.24) is 14.6 Å². The van der Waals surface area contributed by atoms with Crippen LogP contribution in [0.15, 0.2) is 29.4 Å². The SMILES string of the molecule is O=S1(=O)CC(CCSc2nnc3sc4ccccc4n23)C1. The van der Waals surface area contributed by atoms with Gasteiger partial charge in [-0.15, -0.1) is 10.2 Å². The Kier molecular flexibility index (Phi) is 3.20. The van der Waals surface area contributed by atoms with Gasteiger partial charge in [0.05, 0.1) is 21.7 Å². The normalized spacial score (nSPS) is 18.3. The quantitative estimate of drug-likeness (QED) is 0.683. The van der Waals surface area contributed by atoms with Crippen LogP contribution in [0.2, 0.25) is 0 Å². The average Bonchev–Trinajstić information content (AvgIpc) is 2.96. The van der Waals surface area contributed by atoms with Crippen molar-refractivity contribution >= 4 is 48.1 Å². The lowest BCUT2D eigenvalue weighted by Gasteiger charge is -2.25. The minimum absolute atomic E-state index is 0.324. The lowest BCUT2D eigenvalue weighted by molar-refractivity contribution is 0.514. The van der Waals surface area contributed by atoms with Crippen molar-refractivity contribution in [2.24, 2.45) is 5.92 Å². The van der Waals surface area contributed by atoms with Gasteiger partial charge in [-0.05, 0) is 24.5 Å². The van der Waals surface area contributed by atoms with Gasteiger partial charge in [0.15, 0.2) is 15.0 Å². The lowest BCUT2D eigenvalue weighted by atomic mass is 10.1. The number of thioether (sulfide) groups is 1. The second kappa shape index (κ2) is 4.96. The number of benzene rings is 1. The molecule has 0 bridgehead atoms. The van der Waals surface area contributed by atoms with Gasteiger partial charge in [0.2, 0.25) is 4.96 Å². The molecule has 21 heavy (non-hydrogen) atoms. The Morgan fingerprint density at radius 3 is 2.90 bits per heavy atom. The third-order valence-corrected chi connectivity index (χ3v) is 7.58. The molecule has 8 heteroatoms. The maximum atomic E-state index is 11.1. The summed E-state index contributed by atoms with van der Waals surface area (Å²) >= 11 is 3.29. The van der Waals surface area contributed by atoms with Crippen LogP contribution in [-0.4, -0.2) is 40.3 Å². The van der Waals surface area contributed by atoms with E-state index in [1.807, 2.05) is 12.1 Å². The van der Waals surface area contributed by atoms with Crippen LogP contribution >= 0.6 is 23.1 Å². The van der Waals surface area contributed by atoms with E-state index in [-0.39, 0.29) is 0 Å². The molecule has 0 radical (unpaired) electrons. The molecule has 1 aromatic carbocycles. The van der Waals surface area contributed by atoms with Gasteiger partial charge >= 0.3 is 0 Å². The molecule has 4 rings (SSSR count). The van der Waals surface area contributed by atoms with E-state index in [9.17, 15) is 8.42 Å². The van der Waals surface area contributed by atoms with Gasteiger partial charge < -0.3 is 0 Å². The highest BCUT2D eigenvalue weighted by molar-refractivity contribution is 7.99. The Bertz CT molecular complexity index is 901. The molecule has 0 unspecified atom stereocenters. The van der Waals surface area contributed by atoms with Crippen molar-refractivity contribution < 1.29 is 8.42 Å². The fourth-order valence-electron chi connectivity index (χ4n) is 2.60. The molecule has 0 atom stereocenters. The Hall–Kier alpha value is -1.12. The van der Waals surface area contributed by atoms with Gasteiger partial charge in [-0.25, -0.2) is 8.42 Å². The molecule has 0 saturated carbocycles. The zero-order valence-electron chi connectivity index (χ0n) is 11.1. The van der Waals surface area contributed by atoms with Crippen LogP contribution in [-0.2, 0) is 9.84 Å². The standard InChI is InChI=1S/C13H13N3O2S3/c17-21(18)7-9(8-21)5-6-19-12-14-15-13-16(12)10-3-1-2-4-11(10)20-13/h1-4,9H,5-8H2. The van der Waals surface area contributed by atoms with Gasteiger partial charge in [0, 0.05) is 5.75 Å². The van der Waals surface area contributed by atoms with E-state index in [4.69, 9.17) is 0 Å². The minimum Gasteiger partial charge on any atom is -0.260 e. The molecule has 0 aliphatic carbocycles. The zero-order chi connectivity index (χ0) is 14.4. The number of hydrogen-bond donors (Lipinski definition) is 0. The molecule has 1 aliphatic heterocycles. The van der Waals surface area contributed by atoms with E-state index in [0.717, 1.165) is 27.8 Å². The molecule has 1 saturated heterocycles. The van der Waals surface area contributed by atoms with E-state index in [1.54, 1.807) is 23.1 Å². The first-order valence-electron chi connectivity index (χ1n) is 6.68. The van der Waals surface area contributed by atoms with Crippen molar-refractivity contribution in [3.63, 3.8) is 0 Å². The molecular weight excluding hydrogens is 326 g/mol. The third-order valence-electron chi connectivity index (χ3n) is 3.65. The molecule has 5 nitrogen and oxygen atoms in total. The molecule has 1 aliphatic rings. The molecule has 3 heterocycles. The maximum Gasteiger partial charge on any atom is 0.217 e. The van der Waals surface area contributed by atoms with E-state index < -0.39 is 9.84 Å². The van der Waals surface area contributed by atoms with Crippen molar-refractivity contribution in [3.8, 4) is 0 Å². The lowest BCUT2D eigenvalue weighted by Crippen LogP contribution is -2.36. The van der Waals surface area contributed by atoms with Gasteiger partial charge in [0.1, 0.15) is 0 Å². The summed E-state index contributed by atoms with van der Waals surface area (Å²) in [6.07, 6.45) is 0.918. The topological polar surface area (TPSA) is 64.3 Å². The summed E-state index contributed by atoms with van der Waals surface area (Å²) in [4.78, 5) is 0.907. The monoisotopic (exact) mass is 339 g/mol. The van der Waals surface area contributed by atoms with E-state index >= 15 is 0 Å². The second-order valence-electron chi connectivity index (χ2n) is 5.25. The van der Waals surface area contributed by atoms with Crippen LogP contribution in [0, 0.1) is 5.92 Å². The van der Waals surface area contributed by atoms with Crippen LogP contribution in [0.1, 0.15) is 6.42 Å². The van der Waals surface area contributed by atoms with Crippen LogP contribution in [0.5, 0.6) is 0 Å². The number of thiazole rings is 1. The van der Waals surface area contributed by atoms with Gasteiger partial charge in [-0.3, -0.25) is 4.40 Å². The Labute approximate surface area is 130 Å². The first-order valence-corrected chi connectivity index (χ1v) is 10.3. The zero-order valence-corrected chi connectivity index (χ0v) is 13.5.